The molecule has 0 aliphatic heterocycles. The minimum Gasteiger partial charge on any atom is -0.484 e. The molecule has 0 aliphatic rings. The van der Waals surface area contributed by atoms with E-state index in [0.29, 0.717) is 18.2 Å². The van der Waals surface area contributed by atoms with Crippen LogP contribution in [0, 0.1) is 5.92 Å². The molecular formula is C16H25BrN2O2. The Morgan fingerprint density at radius 1 is 1.38 bits per heavy atom. The van der Waals surface area contributed by atoms with Gasteiger partial charge in [0.05, 0.1) is 0 Å². The molecule has 0 heterocycles. The Labute approximate surface area is 135 Å². The van der Waals surface area contributed by atoms with Crippen LogP contribution in [-0.2, 0) is 11.3 Å². The fraction of sp³-hybridized carbons (Fsp3) is 0.562. The number of nitrogens with one attached hydrogen (secondary N) is 2. The maximum absolute atomic E-state index is 11.6. The highest BCUT2D eigenvalue weighted by Gasteiger charge is 2.06. The monoisotopic (exact) mass is 356 g/mol. The van der Waals surface area contributed by atoms with Gasteiger partial charge in [0.25, 0.3) is 5.91 Å². The minimum atomic E-state index is -0.0859. The molecular weight excluding hydrogens is 332 g/mol. The summed E-state index contributed by atoms with van der Waals surface area (Å²) in [5.74, 6) is 1.07. The second-order valence-electron chi connectivity index (χ2n) is 5.42. The first kappa shape index (κ1) is 18.0. The standard InChI is InChI=1S/C16H25BrN2O2/c1-4-7-18-10-13-8-14(5-6-15(13)17)21-11-16(20)19-9-12(2)3/h5-6,8,12,18H,4,7,9-11H2,1-3H3,(H,19,20). The van der Waals surface area contributed by atoms with Crippen molar-refractivity contribution in [2.24, 2.45) is 5.92 Å². The SMILES string of the molecule is CCCNCc1cc(OCC(=O)NCC(C)C)ccc1Br. The molecule has 1 rings (SSSR count). The lowest BCUT2D eigenvalue weighted by Crippen LogP contribution is -2.31. The van der Waals surface area contributed by atoms with Gasteiger partial charge in [0, 0.05) is 17.6 Å². The maximum Gasteiger partial charge on any atom is 0.257 e. The summed E-state index contributed by atoms with van der Waals surface area (Å²) < 4.78 is 6.59. The average molecular weight is 357 g/mol. The van der Waals surface area contributed by atoms with Crippen molar-refractivity contribution >= 4 is 21.8 Å². The maximum atomic E-state index is 11.6. The van der Waals surface area contributed by atoms with Gasteiger partial charge in [0.2, 0.25) is 0 Å². The van der Waals surface area contributed by atoms with E-state index in [4.69, 9.17) is 4.74 Å². The van der Waals surface area contributed by atoms with E-state index < -0.39 is 0 Å². The molecule has 0 aromatic heterocycles. The van der Waals surface area contributed by atoms with Crippen molar-refractivity contribution in [2.75, 3.05) is 19.7 Å². The predicted octanol–water partition coefficient (Wildman–Crippen LogP) is 3.10. The van der Waals surface area contributed by atoms with Crippen molar-refractivity contribution in [3.63, 3.8) is 0 Å². The van der Waals surface area contributed by atoms with Gasteiger partial charge < -0.3 is 15.4 Å². The minimum absolute atomic E-state index is 0.0518. The van der Waals surface area contributed by atoms with Crippen LogP contribution in [0.15, 0.2) is 22.7 Å². The number of amides is 1. The van der Waals surface area contributed by atoms with E-state index in [-0.39, 0.29) is 12.5 Å². The van der Waals surface area contributed by atoms with Gasteiger partial charge in [-0.2, -0.15) is 0 Å². The second kappa shape index (κ2) is 9.79. The molecule has 0 aliphatic carbocycles. The molecule has 118 valence electrons. The van der Waals surface area contributed by atoms with E-state index in [1.54, 1.807) is 0 Å². The zero-order valence-electron chi connectivity index (χ0n) is 13.0. The van der Waals surface area contributed by atoms with Gasteiger partial charge in [-0.3, -0.25) is 4.79 Å². The van der Waals surface area contributed by atoms with E-state index in [9.17, 15) is 4.79 Å². The summed E-state index contributed by atoms with van der Waals surface area (Å²) in [6.07, 6.45) is 1.10. The lowest BCUT2D eigenvalue weighted by Gasteiger charge is -2.11. The lowest BCUT2D eigenvalue weighted by molar-refractivity contribution is -0.123. The Kier molecular flexibility index (Phi) is 8.38. The van der Waals surface area contributed by atoms with Crippen LogP contribution in [0.1, 0.15) is 32.8 Å². The van der Waals surface area contributed by atoms with Gasteiger partial charge in [-0.15, -0.1) is 0 Å². The van der Waals surface area contributed by atoms with Crippen LogP contribution in [-0.4, -0.2) is 25.6 Å². The molecule has 21 heavy (non-hydrogen) atoms. The number of ether oxygens (including phenoxy) is 1. The summed E-state index contributed by atoms with van der Waals surface area (Å²) in [6, 6.07) is 5.77. The van der Waals surface area contributed by atoms with Crippen molar-refractivity contribution in [3.8, 4) is 5.75 Å². The van der Waals surface area contributed by atoms with Crippen LogP contribution in [0.3, 0.4) is 0 Å². The van der Waals surface area contributed by atoms with Crippen molar-refractivity contribution in [2.45, 2.75) is 33.7 Å². The van der Waals surface area contributed by atoms with Crippen molar-refractivity contribution in [1.29, 1.82) is 0 Å². The van der Waals surface area contributed by atoms with E-state index >= 15 is 0 Å². The molecule has 1 amide bonds. The molecule has 1 aromatic rings. The van der Waals surface area contributed by atoms with Crippen LogP contribution in [0.2, 0.25) is 0 Å². The van der Waals surface area contributed by atoms with Crippen LogP contribution >= 0.6 is 15.9 Å². The molecule has 0 fully saturated rings. The summed E-state index contributed by atoms with van der Waals surface area (Å²) >= 11 is 3.53. The van der Waals surface area contributed by atoms with Gasteiger partial charge in [-0.25, -0.2) is 0 Å². The number of rotatable bonds is 9. The summed E-state index contributed by atoms with van der Waals surface area (Å²) in [6.45, 7) is 8.75. The Hall–Kier alpha value is -1.07. The van der Waals surface area contributed by atoms with Gasteiger partial charge in [-0.05, 0) is 42.6 Å². The third-order valence-corrected chi connectivity index (χ3v) is 3.61. The number of benzene rings is 1. The highest BCUT2D eigenvalue weighted by molar-refractivity contribution is 9.10. The molecule has 5 heteroatoms. The molecule has 4 nitrogen and oxygen atoms in total. The Morgan fingerprint density at radius 3 is 2.81 bits per heavy atom. The van der Waals surface area contributed by atoms with Gasteiger partial charge in [-0.1, -0.05) is 36.7 Å². The molecule has 1 aromatic carbocycles. The summed E-state index contributed by atoms with van der Waals surface area (Å²) in [7, 11) is 0. The van der Waals surface area contributed by atoms with Crippen LogP contribution in [0.25, 0.3) is 0 Å². The molecule has 0 radical (unpaired) electrons. The molecule has 0 saturated carbocycles. The third kappa shape index (κ3) is 7.48. The smallest absolute Gasteiger partial charge is 0.257 e. The highest BCUT2D eigenvalue weighted by atomic mass is 79.9. The zero-order chi connectivity index (χ0) is 15.7. The highest BCUT2D eigenvalue weighted by Crippen LogP contribution is 2.22. The van der Waals surface area contributed by atoms with E-state index in [1.807, 2.05) is 18.2 Å². The topological polar surface area (TPSA) is 50.4 Å². The Balaban J connectivity index is 2.47. The number of carbonyl (C=O) groups is 1. The zero-order valence-corrected chi connectivity index (χ0v) is 14.6. The van der Waals surface area contributed by atoms with Gasteiger partial charge in [0.1, 0.15) is 5.75 Å². The van der Waals surface area contributed by atoms with E-state index in [1.165, 1.54) is 0 Å². The molecule has 0 atom stereocenters. The van der Waals surface area contributed by atoms with Crippen LogP contribution < -0.4 is 15.4 Å². The van der Waals surface area contributed by atoms with Gasteiger partial charge >= 0.3 is 0 Å². The number of hydrogen-bond donors (Lipinski definition) is 2. The van der Waals surface area contributed by atoms with Crippen LogP contribution in [0.5, 0.6) is 5.75 Å². The molecule has 0 bridgehead atoms. The first-order chi connectivity index (χ1) is 10.0. The number of carbonyl (C=O) groups excluding carboxylic acids is 1. The number of halogens is 1. The molecule has 0 spiro atoms. The van der Waals surface area contributed by atoms with E-state index in [0.717, 1.165) is 29.5 Å². The third-order valence-electron chi connectivity index (χ3n) is 2.84. The average Bonchev–Trinajstić information content (AvgIpc) is 2.45. The van der Waals surface area contributed by atoms with Gasteiger partial charge in [0.15, 0.2) is 6.61 Å². The summed E-state index contributed by atoms with van der Waals surface area (Å²) in [5.41, 5.74) is 1.13. The Morgan fingerprint density at radius 2 is 2.14 bits per heavy atom. The molecule has 0 unspecified atom stereocenters. The first-order valence-corrected chi connectivity index (χ1v) is 8.20. The summed E-state index contributed by atoms with van der Waals surface area (Å²) in [4.78, 5) is 11.6. The normalized spacial score (nSPS) is 10.7. The lowest BCUT2D eigenvalue weighted by atomic mass is 10.2. The fourth-order valence-electron chi connectivity index (χ4n) is 1.69. The predicted molar refractivity (Wildman–Crippen MR) is 89.5 cm³/mol. The quantitative estimate of drug-likeness (QED) is 0.668. The number of hydrogen-bond acceptors (Lipinski definition) is 3. The van der Waals surface area contributed by atoms with Crippen molar-refractivity contribution in [1.82, 2.24) is 10.6 Å². The molecule has 2 N–H and O–H groups in total. The largest absolute Gasteiger partial charge is 0.484 e. The van der Waals surface area contributed by atoms with Crippen molar-refractivity contribution < 1.29 is 9.53 Å². The molecule has 0 saturated heterocycles. The van der Waals surface area contributed by atoms with Crippen molar-refractivity contribution in [3.05, 3.63) is 28.2 Å². The second-order valence-corrected chi connectivity index (χ2v) is 6.27. The fourth-order valence-corrected chi connectivity index (χ4v) is 2.08. The van der Waals surface area contributed by atoms with E-state index in [2.05, 4.69) is 47.3 Å². The first-order valence-electron chi connectivity index (χ1n) is 7.41. The Bertz CT molecular complexity index is 450. The summed E-state index contributed by atoms with van der Waals surface area (Å²) in [5, 5.41) is 6.19. The van der Waals surface area contributed by atoms with Crippen LogP contribution in [0.4, 0.5) is 0 Å².